The lowest BCUT2D eigenvalue weighted by molar-refractivity contribution is -0.113. The quantitative estimate of drug-likeness (QED) is 0.382. The van der Waals surface area contributed by atoms with Crippen LogP contribution in [0.1, 0.15) is 43.2 Å². The molecule has 1 aromatic carbocycles. The van der Waals surface area contributed by atoms with Crippen molar-refractivity contribution in [2.24, 2.45) is 5.92 Å². The van der Waals surface area contributed by atoms with E-state index in [4.69, 9.17) is 0 Å². The number of carbonyl (C=O) groups is 1. The number of hydrogen-bond acceptors (Lipinski definition) is 5. The normalized spacial score (nSPS) is 12.3. The van der Waals surface area contributed by atoms with Crippen molar-refractivity contribution in [1.82, 2.24) is 9.97 Å². The molecule has 1 unspecified atom stereocenters. The SMILES string of the molecule is CCc1ccccc1NC(=O)CSc1nc2sc(C)c(CC(C)CC)c2c(=O)[nH]1. The van der Waals surface area contributed by atoms with Crippen molar-refractivity contribution >= 4 is 44.9 Å². The minimum absolute atomic E-state index is 0.113. The van der Waals surface area contributed by atoms with Crippen LogP contribution in [0.15, 0.2) is 34.2 Å². The number of nitrogens with one attached hydrogen (secondary N) is 2. The number of aromatic nitrogens is 2. The molecule has 0 radical (unpaired) electrons. The van der Waals surface area contributed by atoms with Crippen LogP contribution in [-0.2, 0) is 17.6 Å². The highest BCUT2D eigenvalue weighted by Gasteiger charge is 2.17. The largest absolute Gasteiger partial charge is 0.325 e. The Kier molecular flexibility index (Phi) is 7.14. The number of thiophene rings is 1. The maximum absolute atomic E-state index is 12.7. The predicted molar refractivity (Wildman–Crippen MR) is 123 cm³/mol. The Balaban J connectivity index is 1.74. The first-order valence-corrected chi connectivity index (χ1v) is 11.8. The van der Waals surface area contributed by atoms with Gasteiger partial charge in [-0.25, -0.2) is 4.98 Å². The van der Waals surface area contributed by atoms with Gasteiger partial charge in [-0.3, -0.25) is 9.59 Å². The van der Waals surface area contributed by atoms with Crippen LogP contribution in [0.5, 0.6) is 0 Å². The Labute approximate surface area is 179 Å². The molecule has 0 fully saturated rings. The van der Waals surface area contributed by atoms with Gasteiger partial charge in [-0.05, 0) is 42.9 Å². The van der Waals surface area contributed by atoms with Gasteiger partial charge < -0.3 is 10.3 Å². The van der Waals surface area contributed by atoms with Crippen LogP contribution >= 0.6 is 23.1 Å². The van der Waals surface area contributed by atoms with Crippen molar-refractivity contribution in [3.63, 3.8) is 0 Å². The second kappa shape index (κ2) is 9.59. The fourth-order valence-electron chi connectivity index (χ4n) is 3.23. The Morgan fingerprint density at radius 1 is 1.31 bits per heavy atom. The van der Waals surface area contributed by atoms with Crippen molar-refractivity contribution in [3.05, 3.63) is 50.6 Å². The number of H-pyrrole nitrogens is 1. The summed E-state index contributed by atoms with van der Waals surface area (Å²) < 4.78 is 0. The molecule has 5 nitrogen and oxygen atoms in total. The Morgan fingerprint density at radius 2 is 2.07 bits per heavy atom. The average molecular weight is 430 g/mol. The van der Waals surface area contributed by atoms with E-state index in [0.29, 0.717) is 16.5 Å². The Hall–Kier alpha value is -2.12. The number of hydrogen-bond donors (Lipinski definition) is 2. The summed E-state index contributed by atoms with van der Waals surface area (Å²) in [5.74, 6) is 0.601. The molecule has 0 aliphatic carbocycles. The number of fused-ring (bicyclic) bond motifs is 1. The van der Waals surface area contributed by atoms with E-state index in [2.05, 4.69) is 43.0 Å². The zero-order valence-corrected chi connectivity index (χ0v) is 18.9. The van der Waals surface area contributed by atoms with Crippen molar-refractivity contribution in [3.8, 4) is 0 Å². The number of amides is 1. The molecule has 2 heterocycles. The van der Waals surface area contributed by atoms with E-state index in [1.165, 1.54) is 11.8 Å². The van der Waals surface area contributed by atoms with E-state index in [-0.39, 0.29) is 17.2 Å². The molecule has 0 aliphatic heterocycles. The monoisotopic (exact) mass is 429 g/mol. The standard InChI is InChI=1S/C22H27N3O2S2/c1-5-13(3)11-16-14(4)29-21-19(16)20(27)24-22(25-21)28-12-18(26)23-17-10-8-7-9-15(17)6-2/h7-10,13H,5-6,11-12H2,1-4H3,(H,23,26)(H,24,25,27). The molecule has 3 rings (SSSR count). The summed E-state index contributed by atoms with van der Waals surface area (Å²) in [6.07, 6.45) is 2.82. The Morgan fingerprint density at radius 3 is 2.79 bits per heavy atom. The van der Waals surface area contributed by atoms with Crippen LogP contribution < -0.4 is 10.9 Å². The van der Waals surface area contributed by atoms with Crippen molar-refractivity contribution in [1.29, 1.82) is 0 Å². The fourth-order valence-corrected chi connectivity index (χ4v) is 5.01. The summed E-state index contributed by atoms with van der Waals surface area (Å²) in [6.45, 7) is 8.47. The smallest absolute Gasteiger partial charge is 0.260 e. The number of thioether (sulfide) groups is 1. The molecule has 3 aromatic rings. The predicted octanol–water partition coefficient (Wildman–Crippen LogP) is 5.17. The minimum Gasteiger partial charge on any atom is -0.325 e. The molecular formula is C22H27N3O2S2. The second-order valence-corrected chi connectivity index (χ2v) is 9.42. The second-order valence-electron chi connectivity index (χ2n) is 7.25. The van der Waals surface area contributed by atoms with E-state index in [9.17, 15) is 9.59 Å². The summed E-state index contributed by atoms with van der Waals surface area (Å²) in [7, 11) is 0. The first kappa shape index (κ1) is 21.6. The number of para-hydroxylation sites is 1. The molecule has 2 aromatic heterocycles. The van der Waals surface area contributed by atoms with Gasteiger partial charge in [0, 0.05) is 10.6 Å². The molecule has 29 heavy (non-hydrogen) atoms. The van der Waals surface area contributed by atoms with Crippen molar-refractivity contribution in [2.45, 2.75) is 52.1 Å². The van der Waals surface area contributed by atoms with Crippen molar-refractivity contribution in [2.75, 3.05) is 11.1 Å². The van der Waals surface area contributed by atoms with E-state index in [1.54, 1.807) is 11.3 Å². The highest BCUT2D eigenvalue weighted by atomic mass is 32.2. The number of rotatable bonds is 8. The van der Waals surface area contributed by atoms with Crippen LogP contribution in [-0.4, -0.2) is 21.6 Å². The van der Waals surface area contributed by atoms with Crippen LogP contribution in [0.2, 0.25) is 0 Å². The zero-order chi connectivity index (χ0) is 21.0. The molecule has 0 spiro atoms. The van der Waals surface area contributed by atoms with Crippen molar-refractivity contribution < 1.29 is 4.79 Å². The maximum atomic E-state index is 12.7. The first-order chi connectivity index (χ1) is 13.9. The molecular weight excluding hydrogens is 402 g/mol. The lowest BCUT2D eigenvalue weighted by Crippen LogP contribution is -2.16. The summed E-state index contributed by atoms with van der Waals surface area (Å²) in [4.78, 5) is 34.5. The highest BCUT2D eigenvalue weighted by Crippen LogP contribution is 2.30. The average Bonchev–Trinajstić information content (AvgIpc) is 3.02. The lowest BCUT2D eigenvalue weighted by Gasteiger charge is -2.09. The minimum atomic E-state index is -0.114. The van der Waals surface area contributed by atoms with Crippen LogP contribution in [0.25, 0.3) is 10.2 Å². The molecule has 0 aliphatic rings. The summed E-state index contributed by atoms with van der Waals surface area (Å²) >= 11 is 2.81. The lowest BCUT2D eigenvalue weighted by atomic mass is 9.98. The Bertz CT molecular complexity index is 1070. The van der Waals surface area contributed by atoms with E-state index in [0.717, 1.165) is 45.8 Å². The number of aryl methyl sites for hydroxylation is 2. The van der Waals surface area contributed by atoms with E-state index >= 15 is 0 Å². The van der Waals surface area contributed by atoms with E-state index in [1.807, 2.05) is 24.3 Å². The third-order valence-electron chi connectivity index (χ3n) is 5.10. The molecule has 2 N–H and O–H groups in total. The van der Waals surface area contributed by atoms with Gasteiger partial charge in [-0.15, -0.1) is 11.3 Å². The van der Waals surface area contributed by atoms with Gasteiger partial charge in [0.15, 0.2) is 5.16 Å². The van der Waals surface area contributed by atoms with Gasteiger partial charge >= 0.3 is 0 Å². The summed E-state index contributed by atoms with van der Waals surface area (Å²) in [5.41, 5.74) is 2.93. The first-order valence-electron chi connectivity index (χ1n) is 9.95. The van der Waals surface area contributed by atoms with Gasteiger partial charge in [-0.2, -0.15) is 0 Å². The summed E-state index contributed by atoms with van der Waals surface area (Å²) in [6, 6.07) is 7.78. The third-order valence-corrected chi connectivity index (χ3v) is 7.02. The van der Waals surface area contributed by atoms with Crippen LogP contribution in [0.4, 0.5) is 5.69 Å². The summed E-state index contributed by atoms with van der Waals surface area (Å²) in [5, 5.41) is 4.14. The number of nitrogens with zero attached hydrogens (tertiary/aromatic N) is 1. The number of anilines is 1. The zero-order valence-electron chi connectivity index (χ0n) is 17.3. The highest BCUT2D eigenvalue weighted by molar-refractivity contribution is 7.99. The number of aromatic amines is 1. The van der Waals surface area contributed by atoms with Gasteiger partial charge in [0.1, 0.15) is 4.83 Å². The van der Waals surface area contributed by atoms with Crippen LogP contribution in [0, 0.1) is 12.8 Å². The van der Waals surface area contributed by atoms with Crippen LogP contribution in [0.3, 0.4) is 0 Å². The maximum Gasteiger partial charge on any atom is 0.260 e. The topological polar surface area (TPSA) is 74.8 Å². The molecule has 1 atom stereocenters. The molecule has 0 saturated carbocycles. The van der Waals surface area contributed by atoms with Gasteiger partial charge in [0.2, 0.25) is 5.91 Å². The van der Waals surface area contributed by atoms with E-state index < -0.39 is 0 Å². The molecule has 7 heteroatoms. The van der Waals surface area contributed by atoms with Gasteiger partial charge in [0.05, 0.1) is 11.1 Å². The molecule has 1 amide bonds. The fraction of sp³-hybridized carbons (Fsp3) is 0.409. The molecule has 0 saturated heterocycles. The number of benzene rings is 1. The van der Waals surface area contributed by atoms with Gasteiger partial charge in [-0.1, -0.05) is 57.2 Å². The number of carbonyl (C=O) groups excluding carboxylic acids is 1. The molecule has 154 valence electrons. The van der Waals surface area contributed by atoms with Gasteiger partial charge in [0.25, 0.3) is 5.56 Å². The third kappa shape index (κ3) is 5.08. The molecule has 0 bridgehead atoms.